The van der Waals surface area contributed by atoms with Crippen LogP contribution in [0.2, 0.25) is 0 Å². The van der Waals surface area contributed by atoms with Gasteiger partial charge in [0.2, 0.25) is 0 Å². The molecule has 6 nitrogen and oxygen atoms in total. The summed E-state index contributed by atoms with van der Waals surface area (Å²) < 4.78 is 14.9. The van der Waals surface area contributed by atoms with E-state index in [1.165, 1.54) is 11.4 Å². The van der Waals surface area contributed by atoms with Gasteiger partial charge in [0.05, 0.1) is 29.1 Å². The number of furan rings is 1. The molecule has 0 spiro atoms. The molecule has 0 radical (unpaired) electrons. The Balaban J connectivity index is 1.14. The second kappa shape index (κ2) is 9.13. The normalized spacial score (nSPS) is 13.0. The van der Waals surface area contributed by atoms with Crippen molar-refractivity contribution in [2.75, 3.05) is 23.5 Å². The van der Waals surface area contributed by atoms with Gasteiger partial charge >= 0.3 is 0 Å². The SMILES string of the molecule is CN1CN(c2cccc(Oc3ccc4c5ccccc5n(-c5cc6oc7ccccc7c6cn5)c4c3)c2)c2ccccc21. The number of rotatable bonds is 4. The van der Waals surface area contributed by atoms with Crippen molar-refractivity contribution in [1.82, 2.24) is 9.55 Å². The van der Waals surface area contributed by atoms with Gasteiger partial charge < -0.3 is 19.0 Å². The number of nitrogens with zero attached hydrogens (tertiary/aromatic N) is 4. The molecule has 43 heavy (non-hydrogen) atoms. The number of benzene rings is 5. The first-order valence-electron chi connectivity index (χ1n) is 14.4. The van der Waals surface area contributed by atoms with Crippen LogP contribution in [0.15, 0.2) is 132 Å². The van der Waals surface area contributed by atoms with Crippen molar-refractivity contribution >= 4 is 60.8 Å². The average molecular weight is 559 g/mol. The Morgan fingerprint density at radius 1 is 0.628 bits per heavy atom. The Morgan fingerprint density at radius 3 is 2.33 bits per heavy atom. The fourth-order valence-electron chi connectivity index (χ4n) is 6.44. The molecule has 0 bridgehead atoms. The van der Waals surface area contributed by atoms with Crippen molar-refractivity contribution < 1.29 is 9.15 Å². The third-order valence-electron chi connectivity index (χ3n) is 8.43. The molecule has 1 aliphatic heterocycles. The molecule has 8 aromatic rings. The summed E-state index contributed by atoms with van der Waals surface area (Å²) in [5.41, 5.74) is 7.29. The zero-order valence-corrected chi connectivity index (χ0v) is 23.4. The second-order valence-electron chi connectivity index (χ2n) is 11.0. The van der Waals surface area contributed by atoms with Crippen LogP contribution in [0.5, 0.6) is 11.5 Å². The number of hydrogen-bond donors (Lipinski definition) is 0. The van der Waals surface area contributed by atoms with Crippen LogP contribution in [0.4, 0.5) is 17.1 Å². The molecule has 6 heteroatoms. The third kappa shape index (κ3) is 3.70. The van der Waals surface area contributed by atoms with Gasteiger partial charge in [-0.1, -0.05) is 54.6 Å². The molecule has 206 valence electrons. The number of fused-ring (bicyclic) bond motifs is 7. The first-order valence-corrected chi connectivity index (χ1v) is 14.4. The van der Waals surface area contributed by atoms with Crippen molar-refractivity contribution in [3.05, 3.63) is 128 Å². The zero-order chi connectivity index (χ0) is 28.5. The van der Waals surface area contributed by atoms with Gasteiger partial charge in [0.25, 0.3) is 0 Å². The van der Waals surface area contributed by atoms with Crippen LogP contribution < -0.4 is 14.5 Å². The summed E-state index contributed by atoms with van der Waals surface area (Å²) in [5, 5.41) is 4.38. The molecule has 3 aromatic heterocycles. The number of pyridine rings is 1. The van der Waals surface area contributed by atoms with Gasteiger partial charge in [-0.05, 0) is 48.5 Å². The highest BCUT2D eigenvalue weighted by Crippen LogP contribution is 2.41. The molecule has 0 fully saturated rings. The van der Waals surface area contributed by atoms with E-state index in [9.17, 15) is 0 Å². The summed E-state index contributed by atoms with van der Waals surface area (Å²) in [4.78, 5) is 9.48. The van der Waals surface area contributed by atoms with E-state index in [-0.39, 0.29) is 0 Å². The van der Waals surface area contributed by atoms with Crippen molar-refractivity contribution in [3.8, 4) is 17.3 Å². The average Bonchev–Trinajstić information content (AvgIpc) is 3.70. The Morgan fingerprint density at radius 2 is 1.40 bits per heavy atom. The maximum absolute atomic E-state index is 6.51. The Hall–Kier alpha value is -5.75. The van der Waals surface area contributed by atoms with Crippen LogP contribution in [-0.2, 0) is 0 Å². The van der Waals surface area contributed by atoms with E-state index in [0.29, 0.717) is 0 Å². The van der Waals surface area contributed by atoms with Gasteiger partial charge in [0.1, 0.15) is 28.5 Å². The smallest absolute Gasteiger partial charge is 0.141 e. The molecule has 0 aliphatic carbocycles. The summed E-state index contributed by atoms with van der Waals surface area (Å²) in [5.74, 6) is 2.35. The van der Waals surface area contributed by atoms with E-state index in [1.807, 2.05) is 48.7 Å². The predicted molar refractivity (Wildman–Crippen MR) is 174 cm³/mol. The third-order valence-corrected chi connectivity index (χ3v) is 8.43. The molecule has 4 heterocycles. The molecular formula is C37H26N4O2. The summed E-state index contributed by atoms with van der Waals surface area (Å²) in [6.45, 7) is 0.789. The monoisotopic (exact) mass is 558 g/mol. The second-order valence-corrected chi connectivity index (χ2v) is 11.0. The van der Waals surface area contributed by atoms with Crippen molar-refractivity contribution in [1.29, 1.82) is 0 Å². The van der Waals surface area contributed by atoms with Crippen molar-refractivity contribution in [3.63, 3.8) is 0 Å². The van der Waals surface area contributed by atoms with Crippen LogP contribution in [0.1, 0.15) is 0 Å². The Bertz CT molecular complexity index is 2350. The number of para-hydroxylation sites is 4. The molecule has 0 atom stereocenters. The van der Waals surface area contributed by atoms with E-state index in [4.69, 9.17) is 14.1 Å². The van der Waals surface area contributed by atoms with Gasteiger partial charge in [0.15, 0.2) is 0 Å². The molecule has 0 saturated heterocycles. The van der Waals surface area contributed by atoms with Crippen LogP contribution in [-0.4, -0.2) is 23.3 Å². The molecule has 0 amide bonds. The lowest BCUT2D eigenvalue weighted by Gasteiger charge is -2.20. The lowest BCUT2D eigenvalue weighted by atomic mass is 10.1. The lowest BCUT2D eigenvalue weighted by Crippen LogP contribution is -2.23. The summed E-state index contributed by atoms with van der Waals surface area (Å²) >= 11 is 0. The van der Waals surface area contributed by atoms with Gasteiger partial charge in [-0.25, -0.2) is 4.98 Å². The summed E-state index contributed by atoms with van der Waals surface area (Å²) in [7, 11) is 2.12. The Labute approximate surface area is 247 Å². The van der Waals surface area contributed by atoms with Gasteiger partial charge in [0, 0.05) is 58.7 Å². The maximum atomic E-state index is 6.51. The Kier molecular flexibility index (Phi) is 5.07. The van der Waals surface area contributed by atoms with E-state index < -0.39 is 0 Å². The number of aromatic nitrogens is 2. The summed E-state index contributed by atoms with van der Waals surface area (Å²) in [6, 6.07) is 41.6. The van der Waals surface area contributed by atoms with Crippen molar-refractivity contribution in [2.45, 2.75) is 0 Å². The lowest BCUT2D eigenvalue weighted by molar-refractivity contribution is 0.483. The summed E-state index contributed by atoms with van der Waals surface area (Å²) in [6.07, 6.45) is 1.91. The maximum Gasteiger partial charge on any atom is 0.141 e. The van der Waals surface area contributed by atoms with E-state index >= 15 is 0 Å². The zero-order valence-electron chi connectivity index (χ0n) is 23.4. The molecule has 9 rings (SSSR count). The highest BCUT2D eigenvalue weighted by atomic mass is 16.5. The van der Waals surface area contributed by atoms with Crippen LogP contribution >= 0.6 is 0 Å². The molecule has 1 aliphatic rings. The molecule has 0 unspecified atom stereocenters. The molecular weight excluding hydrogens is 532 g/mol. The van der Waals surface area contributed by atoms with Gasteiger partial charge in [-0.2, -0.15) is 0 Å². The first-order chi connectivity index (χ1) is 21.2. The van der Waals surface area contributed by atoms with E-state index in [1.54, 1.807) is 0 Å². The largest absolute Gasteiger partial charge is 0.457 e. The first kappa shape index (κ1) is 23.9. The van der Waals surface area contributed by atoms with Gasteiger partial charge in [-0.3, -0.25) is 4.57 Å². The minimum atomic E-state index is 0.762. The molecule has 5 aromatic carbocycles. The minimum absolute atomic E-state index is 0.762. The highest BCUT2D eigenvalue weighted by molar-refractivity contribution is 6.10. The van der Waals surface area contributed by atoms with Crippen molar-refractivity contribution in [2.24, 2.45) is 0 Å². The van der Waals surface area contributed by atoms with E-state index in [0.717, 1.165) is 73.4 Å². The topological polar surface area (TPSA) is 46.7 Å². The number of ether oxygens (including phenoxy) is 1. The predicted octanol–water partition coefficient (Wildman–Crippen LogP) is 9.42. The standard InChI is InChI=1S/C37H26N4O2/c1-39-23-40(33-15-6-5-14-32(33)39)24-9-8-10-25(19-24)42-26-17-18-28-27-11-2-4-13-31(27)41(34(28)20-26)37-21-36-30(22-38-37)29-12-3-7-16-35(29)43-36/h2-22H,23H2,1H3. The molecule has 0 N–H and O–H groups in total. The number of hydrogen-bond acceptors (Lipinski definition) is 5. The molecule has 0 saturated carbocycles. The van der Waals surface area contributed by atoms with Crippen LogP contribution in [0, 0.1) is 0 Å². The quantitative estimate of drug-likeness (QED) is 0.215. The minimum Gasteiger partial charge on any atom is -0.457 e. The van der Waals surface area contributed by atoms with Crippen LogP contribution in [0.3, 0.4) is 0 Å². The highest BCUT2D eigenvalue weighted by Gasteiger charge is 2.24. The fourth-order valence-corrected chi connectivity index (χ4v) is 6.44. The van der Waals surface area contributed by atoms with Gasteiger partial charge in [-0.15, -0.1) is 0 Å². The van der Waals surface area contributed by atoms with Crippen LogP contribution in [0.25, 0.3) is 49.6 Å². The number of anilines is 3. The fraction of sp³-hybridized carbons (Fsp3) is 0.0541. The van der Waals surface area contributed by atoms with E-state index in [2.05, 4.69) is 100 Å².